The molecule has 5 aromatic heterocycles. The molecule has 37 heavy (non-hydrogen) atoms. The standard InChI is InChI=1S/C25H18F2N7O2.Pt/c1-33-13-11-28-23(33)25(24-29-12-14-34(24)2,19-8-4-6-17(31-19)22(35)36)18-7-3-5-16(30-18)15-9-10-20(26)32-21(15)27;/h3-8,10-14H,1-2H3,(H,35,36);/q-1;. The molecule has 0 saturated heterocycles. The molecule has 5 rings (SSSR count). The Morgan fingerprint density at radius 2 is 1.51 bits per heavy atom. The molecule has 0 aliphatic heterocycles. The van der Waals surface area contributed by atoms with E-state index in [4.69, 9.17) is 4.98 Å². The van der Waals surface area contributed by atoms with Crippen molar-refractivity contribution in [2.75, 3.05) is 0 Å². The van der Waals surface area contributed by atoms with Gasteiger partial charge in [0.1, 0.15) is 29.2 Å². The Morgan fingerprint density at radius 3 is 2.05 bits per heavy atom. The van der Waals surface area contributed by atoms with E-state index in [1.807, 2.05) is 0 Å². The summed E-state index contributed by atoms with van der Waals surface area (Å²) in [5.41, 5.74) is -0.965. The Balaban J connectivity index is 0.00000320. The summed E-state index contributed by atoms with van der Waals surface area (Å²) >= 11 is 0. The van der Waals surface area contributed by atoms with E-state index in [1.54, 1.807) is 78.3 Å². The van der Waals surface area contributed by atoms with E-state index in [1.165, 1.54) is 6.07 Å². The summed E-state index contributed by atoms with van der Waals surface area (Å²) in [6, 6.07) is 13.0. The minimum absolute atomic E-state index is 0. The Bertz CT molecular complexity index is 1560. The zero-order valence-electron chi connectivity index (χ0n) is 19.4. The average molecular weight is 682 g/mol. The van der Waals surface area contributed by atoms with Gasteiger partial charge in [0.05, 0.1) is 11.4 Å². The number of carboxylic acids is 1. The normalized spacial score (nSPS) is 11.2. The van der Waals surface area contributed by atoms with Crippen molar-refractivity contribution in [3.8, 4) is 11.3 Å². The third-order valence-electron chi connectivity index (χ3n) is 5.80. The van der Waals surface area contributed by atoms with Crippen molar-refractivity contribution in [3.05, 3.63) is 114 Å². The van der Waals surface area contributed by atoms with Crippen LogP contribution < -0.4 is 0 Å². The second-order valence-corrected chi connectivity index (χ2v) is 7.98. The quantitative estimate of drug-likeness (QED) is 0.217. The molecule has 5 heterocycles. The minimum atomic E-state index is -1.41. The van der Waals surface area contributed by atoms with Crippen molar-refractivity contribution >= 4 is 5.97 Å². The van der Waals surface area contributed by atoms with Gasteiger partial charge >= 0.3 is 5.97 Å². The van der Waals surface area contributed by atoms with Crippen molar-refractivity contribution in [2.45, 2.75) is 5.41 Å². The second kappa shape index (κ2) is 10.1. The largest absolute Gasteiger partial charge is 0.477 e. The first kappa shape index (κ1) is 26.0. The van der Waals surface area contributed by atoms with E-state index < -0.39 is 23.3 Å². The summed E-state index contributed by atoms with van der Waals surface area (Å²) < 4.78 is 31.5. The molecule has 0 aliphatic carbocycles. The third kappa shape index (κ3) is 4.35. The van der Waals surface area contributed by atoms with Crippen LogP contribution in [-0.4, -0.2) is 45.1 Å². The first-order valence-electron chi connectivity index (χ1n) is 10.7. The van der Waals surface area contributed by atoms with E-state index >= 15 is 0 Å². The number of carboxylic acid groups (broad SMARTS) is 1. The number of nitrogens with zero attached hydrogens (tertiary/aromatic N) is 7. The number of aryl methyl sites for hydroxylation is 2. The predicted molar refractivity (Wildman–Crippen MR) is 123 cm³/mol. The molecule has 0 amide bonds. The first-order valence-corrected chi connectivity index (χ1v) is 10.7. The molecule has 0 atom stereocenters. The first-order chi connectivity index (χ1) is 17.3. The van der Waals surface area contributed by atoms with E-state index in [9.17, 15) is 18.7 Å². The molecule has 0 bridgehead atoms. The monoisotopic (exact) mass is 681 g/mol. The molecule has 0 unspecified atom stereocenters. The maximum atomic E-state index is 14.6. The molecule has 0 saturated carbocycles. The van der Waals surface area contributed by atoms with E-state index in [0.29, 0.717) is 17.3 Å². The molecule has 12 heteroatoms. The summed E-state index contributed by atoms with van der Waals surface area (Å²) in [7, 11) is 3.56. The Labute approximate surface area is 224 Å². The summed E-state index contributed by atoms with van der Waals surface area (Å²) in [5, 5.41) is 9.66. The fourth-order valence-corrected chi connectivity index (χ4v) is 4.24. The number of aromatic nitrogens is 7. The number of imidazole rings is 2. The molecule has 0 aromatic carbocycles. The third-order valence-corrected chi connectivity index (χ3v) is 5.80. The van der Waals surface area contributed by atoms with Crippen LogP contribution in [0.4, 0.5) is 8.78 Å². The van der Waals surface area contributed by atoms with Crippen molar-refractivity contribution < 1.29 is 39.7 Å². The number of aromatic carboxylic acids is 1. The van der Waals surface area contributed by atoms with Crippen molar-refractivity contribution in [1.29, 1.82) is 0 Å². The van der Waals surface area contributed by atoms with Gasteiger partial charge in [-0.2, -0.15) is 0 Å². The van der Waals surface area contributed by atoms with Gasteiger partial charge in [-0.3, -0.25) is 9.97 Å². The minimum Gasteiger partial charge on any atom is -0.477 e. The summed E-state index contributed by atoms with van der Waals surface area (Å²) in [5.74, 6) is -2.39. The van der Waals surface area contributed by atoms with Gasteiger partial charge in [0.2, 0.25) is 0 Å². The van der Waals surface area contributed by atoms with Crippen molar-refractivity contribution in [2.24, 2.45) is 14.1 Å². The van der Waals surface area contributed by atoms with Crippen LogP contribution in [0.15, 0.2) is 67.3 Å². The topological polar surface area (TPSA) is 112 Å². The molecule has 5 aromatic rings. The van der Waals surface area contributed by atoms with Gasteiger partial charge in [0, 0.05) is 59.9 Å². The van der Waals surface area contributed by atoms with Crippen molar-refractivity contribution in [1.82, 2.24) is 34.1 Å². The van der Waals surface area contributed by atoms with Gasteiger partial charge in [0.25, 0.3) is 0 Å². The predicted octanol–water partition coefficient (Wildman–Crippen LogP) is 3.16. The molecular formula is C25H18F2N7O2Pt-. The number of hydrogen-bond donors (Lipinski definition) is 1. The van der Waals surface area contributed by atoms with Gasteiger partial charge in [-0.25, -0.2) is 28.5 Å². The molecular weight excluding hydrogens is 663 g/mol. The summed E-state index contributed by atoms with van der Waals surface area (Å²) in [6.45, 7) is 0. The molecule has 0 radical (unpaired) electrons. The van der Waals surface area contributed by atoms with Gasteiger partial charge < -0.3 is 14.2 Å². The second-order valence-electron chi connectivity index (χ2n) is 7.98. The fraction of sp³-hybridized carbons (Fsp3) is 0.120. The molecule has 0 fully saturated rings. The van der Waals surface area contributed by atoms with Crippen LogP contribution >= 0.6 is 0 Å². The number of carbonyl (C=O) groups is 1. The molecule has 190 valence electrons. The number of pyridine rings is 3. The fourth-order valence-electron chi connectivity index (χ4n) is 4.24. The zero-order valence-corrected chi connectivity index (χ0v) is 21.7. The van der Waals surface area contributed by atoms with Gasteiger partial charge in [-0.15, -0.1) is 6.07 Å². The molecule has 0 spiro atoms. The van der Waals surface area contributed by atoms with Crippen LogP contribution in [0, 0.1) is 18.0 Å². The average Bonchev–Trinajstić information content (AvgIpc) is 3.49. The van der Waals surface area contributed by atoms with Crippen LogP contribution in [-0.2, 0) is 40.6 Å². The van der Waals surface area contributed by atoms with Crippen LogP contribution in [0.5, 0.6) is 0 Å². The van der Waals surface area contributed by atoms with E-state index in [-0.39, 0.29) is 43.7 Å². The summed E-state index contributed by atoms with van der Waals surface area (Å²) in [6.07, 6.45) is 6.65. The Morgan fingerprint density at radius 1 is 0.919 bits per heavy atom. The SMILES string of the molecule is Cn1ccnc1C(c1cccc(C(=O)O)n1)(c1cccc(-c2[c-]cc(F)nc2F)n1)c1nccn1C.[Pt]. The van der Waals surface area contributed by atoms with Crippen LogP contribution in [0.3, 0.4) is 0 Å². The number of hydrogen-bond acceptors (Lipinski definition) is 6. The van der Waals surface area contributed by atoms with E-state index in [2.05, 4.69) is 26.0 Å². The molecule has 1 N–H and O–H groups in total. The van der Waals surface area contributed by atoms with Crippen LogP contribution in [0.1, 0.15) is 33.5 Å². The van der Waals surface area contributed by atoms with Gasteiger partial charge in [-0.05, 0) is 23.9 Å². The zero-order chi connectivity index (χ0) is 25.4. The number of halogens is 2. The molecule has 0 aliphatic rings. The van der Waals surface area contributed by atoms with Gasteiger partial charge in [-0.1, -0.05) is 29.8 Å². The maximum absolute atomic E-state index is 14.6. The van der Waals surface area contributed by atoms with Gasteiger partial charge in [0.15, 0.2) is 5.41 Å². The Kier molecular flexibility index (Phi) is 7.09. The smallest absolute Gasteiger partial charge is 0.354 e. The maximum Gasteiger partial charge on any atom is 0.354 e. The Hall–Kier alpha value is -4.11. The van der Waals surface area contributed by atoms with Crippen LogP contribution in [0.2, 0.25) is 0 Å². The van der Waals surface area contributed by atoms with Crippen molar-refractivity contribution in [3.63, 3.8) is 0 Å². The number of rotatable bonds is 6. The molecule has 9 nitrogen and oxygen atoms in total. The van der Waals surface area contributed by atoms with E-state index in [0.717, 1.165) is 6.07 Å². The van der Waals surface area contributed by atoms with Crippen LogP contribution in [0.25, 0.3) is 11.3 Å². The summed E-state index contributed by atoms with van der Waals surface area (Å²) in [4.78, 5) is 33.4.